The summed E-state index contributed by atoms with van der Waals surface area (Å²) in [7, 11) is 0. The zero-order valence-electron chi connectivity index (χ0n) is 14.8. The van der Waals surface area contributed by atoms with E-state index in [0.717, 1.165) is 22.9 Å². The normalized spacial score (nSPS) is 17.1. The van der Waals surface area contributed by atoms with Crippen LogP contribution in [-0.4, -0.2) is 40.0 Å². The van der Waals surface area contributed by atoms with Crippen molar-refractivity contribution in [1.29, 1.82) is 0 Å². The SMILES string of the molecule is Fc1ccccc1-c1nnc(SCC2CCOCO2)n1Cc1ccccc1. The number of nitrogens with zero attached hydrogens (tertiary/aromatic N) is 3. The summed E-state index contributed by atoms with van der Waals surface area (Å²) in [5.41, 5.74) is 1.56. The molecular formula is C20H20FN3O2S. The summed E-state index contributed by atoms with van der Waals surface area (Å²) in [5, 5.41) is 9.39. The van der Waals surface area contributed by atoms with Gasteiger partial charge >= 0.3 is 0 Å². The standard InChI is InChI=1S/C20H20FN3O2S/c21-18-9-5-4-8-17(18)19-22-23-20(27-13-16-10-11-25-14-26-16)24(19)12-15-6-2-1-3-7-15/h1-9,16H,10-14H2. The number of benzene rings is 2. The van der Waals surface area contributed by atoms with E-state index in [0.29, 0.717) is 31.3 Å². The lowest BCUT2D eigenvalue weighted by molar-refractivity contribution is -0.130. The first-order valence-corrected chi connectivity index (χ1v) is 9.84. The Bertz CT molecular complexity index is 882. The Morgan fingerprint density at radius 3 is 2.67 bits per heavy atom. The second-order valence-corrected chi connectivity index (χ2v) is 7.26. The Labute approximate surface area is 161 Å². The zero-order chi connectivity index (χ0) is 18.5. The molecule has 3 aromatic rings. The Kier molecular flexibility index (Phi) is 5.81. The maximum absolute atomic E-state index is 14.4. The minimum Gasteiger partial charge on any atom is -0.355 e. The molecule has 0 saturated carbocycles. The molecule has 140 valence electrons. The van der Waals surface area contributed by atoms with Gasteiger partial charge in [-0.3, -0.25) is 4.57 Å². The highest BCUT2D eigenvalue weighted by Gasteiger charge is 2.20. The Morgan fingerprint density at radius 1 is 1.07 bits per heavy atom. The lowest BCUT2D eigenvalue weighted by atomic mass is 10.2. The van der Waals surface area contributed by atoms with Crippen molar-refractivity contribution in [2.45, 2.75) is 24.2 Å². The summed E-state index contributed by atoms with van der Waals surface area (Å²) in [6, 6.07) is 16.7. The van der Waals surface area contributed by atoms with Crippen molar-refractivity contribution in [3.8, 4) is 11.4 Å². The van der Waals surface area contributed by atoms with Crippen LogP contribution >= 0.6 is 11.8 Å². The van der Waals surface area contributed by atoms with E-state index < -0.39 is 0 Å². The maximum Gasteiger partial charge on any atom is 0.191 e. The summed E-state index contributed by atoms with van der Waals surface area (Å²) < 4.78 is 27.2. The first-order chi connectivity index (χ1) is 13.3. The molecule has 0 bridgehead atoms. The largest absolute Gasteiger partial charge is 0.355 e. The molecule has 27 heavy (non-hydrogen) atoms. The number of ether oxygens (including phenoxy) is 2. The van der Waals surface area contributed by atoms with Gasteiger partial charge in [-0.25, -0.2) is 4.39 Å². The molecule has 5 nitrogen and oxygen atoms in total. The molecule has 1 aromatic heterocycles. The number of aromatic nitrogens is 3. The lowest BCUT2D eigenvalue weighted by Gasteiger charge is -2.22. The first kappa shape index (κ1) is 18.2. The molecule has 2 heterocycles. The van der Waals surface area contributed by atoms with E-state index in [1.54, 1.807) is 23.9 Å². The number of rotatable bonds is 6. The predicted molar refractivity (Wildman–Crippen MR) is 102 cm³/mol. The highest BCUT2D eigenvalue weighted by Crippen LogP contribution is 2.28. The summed E-state index contributed by atoms with van der Waals surface area (Å²) in [5.74, 6) is 0.990. The van der Waals surface area contributed by atoms with Crippen molar-refractivity contribution < 1.29 is 13.9 Å². The van der Waals surface area contributed by atoms with Crippen LogP contribution in [0.3, 0.4) is 0 Å². The van der Waals surface area contributed by atoms with Gasteiger partial charge in [0, 0.05) is 5.75 Å². The molecule has 0 aliphatic carbocycles. The van der Waals surface area contributed by atoms with Crippen molar-refractivity contribution in [3.63, 3.8) is 0 Å². The molecule has 1 fully saturated rings. The van der Waals surface area contributed by atoms with E-state index in [1.165, 1.54) is 6.07 Å². The van der Waals surface area contributed by atoms with E-state index in [9.17, 15) is 4.39 Å². The van der Waals surface area contributed by atoms with Crippen molar-refractivity contribution in [2.24, 2.45) is 0 Å². The van der Waals surface area contributed by atoms with Crippen molar-refractivity contribution in [1.82, 2.24) is 14.8 Å². The molecule has 1 aliphatic heterocycles. The van der Waals surface area contributed by atoms with Gasteiger partial charge in [-0.2, -0.15) is 0 Å². The fourth-order valence-electron chi connectivity index (χ4n) is 2.95. The third-order valence-electron chi connectivity index (χ3n) is 4.38. The van der Waals surface area contributed by atoms with Crippen LogP contribution in [0.4, 0.5) is 4.39 Å². The van der Waals surface area contributed by atoms with Crippen molar-refractivity contribution in [2.75, 3.05) is 19.2 Å². The lowest BCUT2D eigenvalue weighted by Crippen LogP contribution is -2.25. The molecule has 0 radical (unpaired) electrons. The first-order valence-electron chi connectivity index (χ1n) is 8.85. The second kappa shape index (κ2) is 8.65. The molecule has 4 rings (SSSR count). The minimum absolute atomic E-state index is 0.127. The maximum atomic E-state index is 14.4. The number of hydrogen-bond donors (Lipinski definition) is 0. The smallest absolute Gasteiger partial charge is 0.191 e. The van der Waals surface area contributed by atoms with Crippen molar-refractivity contribution >= 4 is 11.8 Å². The van der Waals surface area contributed by atoms with Gasteiger partial charge in [0.25, 0.3) is 0 Å². The monoisotopic (exact) mass is 385 g/mol. The summed E-state index contributed by atoms with van der Waals surface area (Å²) >= 11 is 1.58. The topological polar surface area (TPSA) is 49.2 Å². The quantitative estimate of drug-likeness (QED) is 0.601. The highest BCUT2D eigenvalue weighted by atomic mass is 32.2. The molecule has 0 amide bonds. The summed E-state index contributed by atoms with van der Waals surface area (Å²) in [6.45, 7) is 1.62. The van der Waals surface area contributed by atoms with Crippen LogP contribution in [0.15, 0.2) is 59.8 Å². The molecule has 0 spiro atoms. The third-order valence-corrected chi connectivity index (χ3v) is 5.48. The second-order valence-electron chi connectivity index (χ2n) is 6.27. The van der Waals surface area contributed by atoms with E-state index in [2.05, 4.69) is 10.2 Å². The summed E-state index contributed by atoms with van der Waals surface area (Å²) in [6.07, 6.45) is 0.988. The van der Waals surface area contributed by atoms with Crippen molar-refractivity contribution in [3.05, 3.63) is 66.0 Å². The molecular weight excluding hydrogens is 365 g/mol. The Hall–Kier alpha value is -2.22. The highest BCUT2D eigenvalue weighted by molar-refractivity contribution is 7.99. The van der Waals surface area contributed by atoms with Crippen LogP contribution < -0.4 is 0 Å². The molecule has 7 heteroatoms. The van der Waals surface area contributed by atoms with Crippen LogP contribution in [0.5, 0.6) is 0 Å². The average Bonchev–Trinajstić information content (AvgIpc) is 3.10. The van der Waals surface area contributed by atoms with Gasteiger partial charge in [0.1, 0.15) is 12.6 Å². The predicted octanol–water partition coefficient (Wildman–Crippen LogP) is 3.99. The Morgan fingerprint density at radius 2 is 1.89 bits per heavy atom. The van der Waals surface area contributed by atoms with Crippen LogP contribution in [0.25, 0.3) is 11.4 Å². The fourth-order valence-corrected chi connectivity index (χ4v) is 3.95. The van der Waals surface area contributed by atoms with Gasteiger partial charge in [0.2, 0.25) is 0 Å². The fraction of sp³-hybridized carbons (Fsp3) is 0.300. The van der Waals surface area contributed by atoms with Crippen LogP contribution in [-0.2, 0) is 16.0 Å². The van der Waals surface area contributed by atoms with E-state index in [1.807, 2.05) is 41.0 Å². The van der Waals surface area contributed by atoms with E-state index in [4.69, 9.17) is 9.47 Å². The summed E-state index contributed by atoms with van der Waals surface area (Å²) in [4.78, 5) is 0. The molecule has 1 aliphatic rings. The Balaban J connectivity index is 1.63. The van der Waals surface area contributed by atoms with Gasteiger partial charge in [-0.1, -0.05) is 54.2 Å². The number of thioether (sulfide) groups is 1. The van der Waals surface area contributed by atoms with E-state index >= 15 is 0 Å². The van der Waals surface area contributed by atoms with Crippen LogP contribution in [0, 0.1) is 5.82 Å². The van der Waals surface area contributed by atoms with Gasteiger partial charge < -0.3 is 9.47 Å². The molecule has 1 unspecified atom stereocenters. The third kappa shape index (κ3) is 4.37. The van der Waals surface area contributed by atoms with E-state index in [-0.39, 0.29) is 11.9 Å². The zero-order valence-corrected chi connectivity index (χ0v) is 15.6. The van der Waals surface area contributed by atoms with Gasteiger partial charge in [-0.15, -0.1) is 10.2 Å². The number of halogens is 1. The molecule has 0 N–H and O–H groups in total. The van der Waals surface area contributed by atoms with Gasteiger partial charge in [0.05, 0.1) is 24.8 Å². The molecule has 1 atom stereocenters. The molecule has 1 saturated heterocycles. The minimum atomic E-state index is -0.302. The van der Waals surface area contributed by atoms with Crippen LogP contribution in [0.2, 0.25) is 0 Å². The average molecular weight is 385 g/mol. The number of hydrogen-bond acceptors (Lipinski definition) is 5. The van der Waals surface area contributed by atoms with Gasteiger partial charge in [0.15, 0.2) is 11.0 Å². The van der Waals surface area contributed by atoms with Crippen LogP contribution in [0.1, 0.15) is 12.0 Å². The molecule has 2 aromatic carbocycles. The van der Waals surface area contributed by atoms with Gasteiger partial charge in [-0.05, 0) is 24.1 Å².